The van der Waals surface area contributed by atoms with E-state index in [1.165, 1.54) is 0 Å². The zero-order chi connectivity index (χ0) is 11.9. The molecule has 2 aliphatic rings. The first-order valence-corrected chi connectivity index (χ1v) is 6.07. The van der Waals surface area contributed by atoms with Crippen molar-refractivity contribution in [1.29, 1.82) is 0 Å². The van der Waals surface area contributed by atoms with Gasteiger partial charge in [0, 0.05) is 14.5 Å². The topological polar surface area (TPSA) is 35.6 Å². The third-order valence-electron chi connectivity index (χ3n) is 3.89. The van der Waals surface area contributed by atoms with Gasteiger partial charge in [0.15, 0.2) is 0 Å². The first-order chi connectivity index (χ1) is 8.22. The number of anilines is 1. The molecule has 1 spiro atoms. The molecule has 0 aromatic heterocycles. The molecule has 0 saturated carbocycles. The molecule has 2 saturated heterocycles. The molecule has 0 unspecified atom stereocenters. The molecular weight excluding hydrogens is 214 g/mol. The lowest BCUT2D eigenvalue weighted by Crippen LogP contribution is -2.78. The molecule has 2 heterocycles. The van der Waals surface area contributed by atoms with Crippen molar-refractivity contribution < 1.29 is 6.22 Å². The number of likely N-dealkylation sites (tertiary alicyclic amines) is 1. The molecule has 1 amide bonds. The fourth-order valence-electron chi connectivity index (χ4n) is 2.69. The summed E-state index contributed by atoms with van der Waals surface area (Å²) in [5.41, 5.74) is 3.69. The number of amides is 1. The van der Waals surface area contributed by atoms with Crippen molar-refractivity contribution >= 4 is 11.6 Å². The maximum absolute atomic E-state index is 11.9. The Hall–Kier alpha value is -1.55. The molecule has 1 aromatic carbocycles. The molecule has 2 aliphatic heterocycles. The van der Waals surface area contributed by atoms with Crippen LogP contribution in [0.1, 0.15) is 14.3 Å². The van der Waals surface area contributed by atoms with Crippen LogP contribution in [0.15, 0.2) is 30.3 Å². The Labute approximate surface area is 103 Å². The summed E-state index contributed by atoms with van der Waals surface area (Å²) >= 11 is 0. The third kappa shape index (κ3) is 1.52. The number of piperidine rings is 1. The van der Waals surface area contributed by atoms with Gasteiger partial charge in [0.1, 0.15) is 5.54 Å². The number of nitrogens with zero attached hydrogens (tertiary/aromatic N) is 2. The summed E-state index contributed by atoms with van der Waals surface area (Å²) < 4.78 is 0. The minimum Gasteiger partial charge on any atom is -0.306 e. The van der Waals surface area contributed by atoms with Gasteiger partial charge in [-0.3, -0.25) is 15.2 Å². The largest absolute Gasteiger partial charge is 0.306 e. The van der Waals surface area contributed by atoms with Gasteiger partial charge in [-0.25, -0.2) is 0 Å². The lowest BCUT2D eigenvalue weighted by molar-refractivity contribution is -0.137. The third-order valence-corrected chi connectivity index (χ3v) is 3.89. The van der Waals surface area contributed by atoms with Crippen LogP contribution >= 0.6 is 0 Å². The smallest absolute Gasteiger partial charge is 0.266 e. The Morgan fingerprint density at radius 2 is 1.88 bits per heavy atom. The molecule has 92 valence electrons. The van der Waals surface area contributed by atoms with Crippen LogP contribution in [0.3, 0.4) is 0 Å². The average Bonchev–Trinajstić information content (AvgIpc) is 2.38. The van der Waals surface area contributed by atoms with Gasteiger partial charge in [-0.05, 0) is 32.0 Å². The molecule has 0 aliphatic carbocycles. The number of para-hydroxylation sites is 1. The van der Waals surface area contributed by atoms with E-state index in [1.54, 1.807) is 0 Å². The predicted molar refractivity (Wildman–Crippen MR) is 68.6 cm³/mol. The summed E-state index contributed by atoms with van der Waals surface area (Å²) in [7, 11) is 2.11. The maximum atomic E-state index is 11.9. The van der Waals surface area contributed by atoms with Gasteiger partial charge < -0.3 is 4.90 Å². The van der Waals surface area contributed by atoms with Gasteiger partial charge in [-0.2, -0.15) is 0 Å². The van der Waals surface area contributed by atoms with E-state index in [0.717, 1.165) is 31.6 Å². The molecule has 1 aromatic rings. The van der Waals surface area contributed by atoms with Gasteiger partial charge in [0.25, 0.3) is 5.91 Å². The number of carbonyl (C=O) groups excluding carboxylic acids is 1. The first-order valence-electron chi connectivity index (χ1n) is 6.07. The van der Waals surface area contributed by atoms with E-state index < -0.39 is 0 Å². The summed E-state index contributed by atoms with van der Waals surface area (Å²) in [6.07, 6.45) is 1.81. The van der Waals surface area contributed by atoms with E-state index in [9.17, 15) is 4.79 Å². The number of hydrogen-bond donors (Lipinski definition) is 1. The molecule has 17 heavy (non-hydrogen) atoms. The minimum atomic E-state index is -0.298. The lowest BCUT2D eigenvalue weighted by Gasteiger charge is -2.55. The van der Waals surface area contributed by atoms with Crippen molar-refractivity contribution in [1.82, 2.24) is 10.3 Å². The van der Waals surface area contributed by atoms with Crippen molar-refractivity contribution in [2.75, 3.05) is 25.1 Å². The van der Waals surface area contributed by atoms with Gasteiger partial charge >= 0.3 is 0 Å². The Bertz CT molecular complexity index is 429. The number of rotatable bonds is 1. The van der Waals surface area contributed by atoms with E-state index in [0.29, 0.717) is 0 Å². The normalized spacial score (nSPS) is 23.4. The van der Waals surface area contributed by atoms with Gasteiger partial charge in [0.2, 0.25) is 0 Å². The zero-order valence-electron chi connectivity index (χ0n) is 10.0. The van der Waals surface area contributed by atoms with E-state index in [-0.39, 0.29) is 12.9 Å². The van der Waals surface area contributed by atoms with Crippen LogP contribution < -0.4 is 10.4 Å². The molecule has 2 fully saturated rings. The van der Waals surface area contributed by atoms with Crippen LogP contribution in [0, 0.1) is 0 Å². The van der Waals surface area contributed by atoms with Crippen molar-refractivity contribution in [2.45, 2.75) is 18.4 Å². The molecule has 4 nitrogen and oxygen atoms in total. The predicted octanol–water partition coefficient (Wildman–Crippen LogP) is 1.25. The van der Waals surface area contributed by atoms with Gasteiger partial charge in [0.05, 0.1) is 5.69 Å². The number of benzene rings is 1. The van der Waals surface area contributed by atoms with Crippen LogP contribution in [-0.2, 0) is 4.79 Å². The highest BCUT2D eigenvalue weighted by Gasteiger charge is 2.54. The maximum Gasteiger partial charge on any atom is 0.266 e. The van der Waals surface area contributed by atoms with Crippen LogP contribution in [-0.4, -0.2) is 36.5 Å². The summed E-state index contributed by atoms with van der Waals surface area (Å²) in [4.78, 5) is 14.2. The molecule has 0 bridgehead atoms. The van der Waals surface area contributed by atoms with Crippen molar-refractivity contribution in [2.24, 2.45) is 0 Å². The van der Waals surface area contributed by atoms with Crippen LogP contribution in [0.2, 0.25) is 0 Å². The van der Waals surface area contributed by atoms with Crippen LogP contribution in [0.4, 0.5) is 5.69 Å². The fourth-order valence-corrected chi connectivity index (χ4v) is 2.69. The fraction of sp³-hybridized carbons (Fsp3) is 0.462. The average molecular weight is 233 g/mol. The van der Waals surface area contributed by atoms with E-state index in [4.69, 9.17) is 0 Å². The Balaban J connectivity index is 0.00000120. The van der Waals surface area contributed by atoms with Gasteiger partial charge in [-0.1, -0.05) is 18.2 Å². The molecule has 3 rings (SSSR count). The second-order valence-electron chi connectivity index (χ2n) is 4.95. The molecule has 4 heteroatoms. The van der Waals surface area contributed by atoms with Crippen molar-refractivity contribution in [3.8, 4) is 0 Å². The highest BCUT2D eigenvalue weighted by molar-refractivity contribution is 5.98. The van der Waals surface area contributed by atoms with E-state index >= 15 is 0 Å². The number of carbonyl (C=O) groups is 1. The van der Waals surface area contributed by atoms with Crippen LogP contribution in [0.5, 0.6) is 0 Å². The Morgan fingerprint density at radius 3 is 2.47 bits per heavy atom. The SMILES string of the molecule is CN1CCC2(CC1)C(=O)NN2c1ccccc1.[HH]. The first kappa shape index (κ1) is 10.6. The summed E-state index contributed by atoms with van der Waals surface area (Å²) in [5, 5.41) is 2.04. The van der Waals surface area contributed by atoms with Crippen LogP contribution in [0.25, 0.3) is 0 Å². The molecular formula is C13H19N3O. The van der Waals surface area contributed by atoms with E-state index in [1.807, 2.05) is 35.3 Å². The highest BCUT2D eigenvalue weighted by Crippen LogP contribution is 2.37. The monoisotopic (exact) mass is 233 g/mol. The highest BCUT2D eigenvalue weighted by atomic mass is 16.2. The second kappa shape index (κ2) is 3.74. The summed E-state index contributed by atoms with van der Waals surface area (Å²) in [5.74, 6) is 0.175. The Morgan fingerprint density at radius 1 is 1.24 bits per heavy atom. The molecule has 1 N–H and O–H groups in total. The quantitative estimate of drug-likeness (QED) is 0.793. The summed E-state index contributed by atoms with van der Waals surface area (Å²) in [6.45, 7) is 1.97. The molecule has 0 atom stereocenters. The number of hydrazine groups is 1. The van der Waals surface area contributed by atoms with Crippen molar-refractivity contribution in [3.63, 3.8) is 0 Å². The van der Waals surface area contributed by atoms with Crippen molar-refractivity contribution in [3.05, 3.63) is 30.3 Å². The Kier molecular flexibility index (Phi) is 2.33. The van der Waals surface area contributed by atoms with Gasteiger partial charge in [-0.15, -0.1) is 0 Å². The summed E-state index contributed by atoms with van der Waals surface area (Å²) in [6, 6.07) is 10.1. The standard InChI is InChI=1S/C13H17N3O.H2/c1-15-9-7-13(8-10-15)12(17)14-16(13)11-5-3-2-4-6-11;/h2-6H,7-10H2,1H3,(H,14,17);1H. The minimum absolute atomic E-state index is 0. The lowest BCUT2D eigenvalue weighted by atomic mass is 9.82. The van der Waals surface area contributed by atoms with E-state index in [2.05, 4.69) is 17.4 Å². The zero-order valence-corrected chi connectivity index (χ0v) is 10.0. The molecule has 0 radical (unpaired) electrons. The second-order valence-corrected chi connectivity index (χ2v) is 4.95. The number of hydrogen-bond acceptors (Lipinski definition) is 3. The number of nitrogens with one attached hydrogen (secondary N) is 1.